The molecule has 0 radical (unpaired) electrons. The van der Waals surface area contributed by atoms with Gasteiger partial charge in [0.15, 0.2) is 0 Å². The Hall–Kier alpha value is -2.67. The lowest BCUT2D eigenvalue weighted by Crippen LogP contribution is -2.07. The number of aliphatic hydroxyl groups excluding tert-OH is 1. The highest BCUT2D eigenvalue weighted by atomic mass is 31.2. The minimum Gasteiger partial charge on any atom is -0.489 e. The fraction of sp³-hybridized carbons (Fsp3) is 0.280. The van der Waals surface area contributed by atoms with Gasteiger partial charge in [0, 0.05) is 11.1 Å². The molecular weight excluding hydrogens is 443 g/mol. The normalized spacial score (nSPS) is 14.2. The zero-order chi connectivity index (χ0) is 23.4. The second kappa shape index (κ2) is 10.1. The highest BCUT2D eigenvalue weighted by Crippen LogP contribution is 2.46. The number of phosphoric acid groups is 1. The van der Waals surface area contributed by atoms with E-state index in [1.165, 1.54) is 0 Å². The van der Waals surface area contributed by atoms with Gasteiger partial charge in [-0.1, -0.05) is 42.5 Å². The predicted molar refractivity (Wildman–Crippen MR) is 124 cm³/mol. The van der Waals surface area contributed by atoms with Gasteiger partial charge in [0.1, 0.15) is 24.7 Å². The van der Waals surface area contributed by atoms with Gasteiger partial charge in [-0.25, -0.2) is 4.57 Å². The van der Waals surface area contributed by atoms with E-state index in [1.54, 1.807) is 13.8 Å². The van der Waals surface area contributed by atoms with Gasteiger partial charge >= 0.3 is 7.82 Å². The molecule has 1 atom stereocenters. The molecule has 174 valence electrons. The molecule has 1 unspecified atom stereocenters. The second-order valence-corrected chi connectivity index (χ2v) is 9.51. The average molecular weight is 470 g/mol. The summed E-state index contributed by atoms with van der Waals surface area (Å²) in [6, 6.07) is 19.1. The molecule has 1 aliphatic rings. The van der Waals surface area contributed by atoms with Crippen LogP contribution >= 0.6 is 7.82 Å². The van der Waals surface area contributed by atoms with Crippen LogP contribution < -0.4 is 9.47 Å². The highest BCUT2D eigenvalue weighted by Gasteiger charge is 2.24. The van der Waals surface area contributed by atoms with Crippen molar-refractivity contribution >= 4 is 7.82 Å². The van der Waals surface area contributed by atoms with Gasteiger partial charge in [-0.15, -0.1) is 0 Å². The molecule has 1 aliphatic heterocycles. The fourth-order valence-corrected chi connectivity index (χ4v) is 4.54. The minimum atomic E-state index is -4.10. The van der Waals surface area contributed by atoms with Gasteiger partial charge < -0.3 is 19.5 Å². The summed E-state index contributed by atoms with van der Waals surface area (Å²) in [4.78, 5) is 9.74. The van der Waals surface area contributed by atoms with Crippen molar-refractivity contribution < 1.29 is 33.1 Å². The lowest BCUT2D eigenvalue weighted by atomic mass is 9.96. The van der Waals surface area contributed by atoms with Crippen molar-refractivity contribution in [2.75, 3.05) is 0 Å². The third kappa shape index (κ3) is 6.02. The summed E-state index contributed by atoms with van der Waals surface area (Å²) in [7, 11) is -4.10. The molecule has 1 heterocycles. The molecule has 0 fully saturated rings. The van der Waals surface area contributed by atoms with E-state index >= 15 is 0 Å². The maximum atomic E-state index is 11.9. The molecule has 3 aromatic rings. The van der Waals surface area contributed by atoms with Crippen LogP contribution in [0.4, 0.5) is 0 Å². The third-order valence-electron chi connectivity index (χ3n) is 5.11. The molecule has 3 aromatic carbocycles. The topological polar surface area (TPSA) is 94.5 Å². The Bertz CT molecular complexity index is 1180. The summed E-state index contributed by atoms with van der Waals surface area (Å²) in [6.07, 6.45) is -0.413. The van der Waals surface area contributed by atoms with E-state index in [1.807, 2.05) is 60.7 Å². The molecule has 4 rings (SSSR count). The van der Waals surface area contributed by atoms with Crippen LogP contribution in [0.5, 0.6) is 11.5 Å². The molecule has 0 saturated carbocycles. The van der Waals surface area contributed by atoms with E-state index in [4.69, 9.17) is 18.5 Å². The maximum absolute atomic E-state index is 11.9. The first-order valence-corrected chi connectivity index (χ1v) is 12.2. The molecule has 7 nitrogen and oxygen atoms in total. The fourth-order valence-electron chi connectivity index (χ4n) is 3.63. The lowest BCUT2D eigenvalue weighted by molar-refractivity contribution is 0.116. The number of ether oxygens (including phenoxy) is 2. The number of fused-ring (bicyclic) bond motifs is 3. The van der Waals surface area contributed by atoms with Crippen LogP contribution in [0.2, 0.25) is 0 Å². The Balaban J connectivity index is 1.44. The van der Waals surface area contributed by atoms with Gasteiger partial charge in [-0.05, 0) is 54.3 Å². The van der Waals surface area contributed by atoms with Crippen molar-refractivity contribution in [1.29, 1.82) is 0 Å². The first-order chi connectivity index (χ1) is 15.8. The molecule has 0 bridgehead atoms. The molecular formula is C25H27O7P. The van der Waals surface area contributed by atoms with E-state index in [-0.39, 0.29) is 13.2 Å². The Morgan fingerprint density at radius 1 is 0.970 bits per heavy atom. The Morgan fingerprint density at radius 3 is 2.52 bits per heavy atom. The summed E-state index contributed by atoms with van der Waals surface area (Å²) in [5.74, 6) is 1.43. The van der Waals surface area contributed by atoms with E-state index in [9.17, 15) is 14.6 Å². The molecule has 0 aliphatic carbocycles. The molecule has 0 spiro atoms. The SMILES string of the molecule is CC(C)OP(=O)(O)OCc1ccc2c(c1)OCc1cc(OCc3cccc(CO)c3)ccc1-2. The largest absolute Gasteiger partial charge is 0.489 e. The van der Waals surface area contributed by atoms with Gasteiger partial charge in [-0.2, -0.15) is 0 Å². The van der Waals surface area contributed by atoms with E-state index in [0.29, 0.717) is 24.5 Å². The van der Waals surface area contributed by atoms with E-state index < -0.39 is 13.9 Å². The Morgan fingerprint density at radius 2 is 1.73 bits per heavy atom. The van der Waals surface area contributed by atoms with Crippen LogP contribution in [-0.4, -0.2) is 16.1 Å². The van der Waals surface area contributed by atoms with Gasteiger partial charge in [0.2, 0.25) is 0 Å². The second-order valence-electron chi connectivity index (χ2n) is 8.10. The van der Waals surface area contributed by atoms with Crippen LogP contribution in [0.3, 0.4) is 0 Å². The average Bonchev–Trinajstić information content (AvgIpc) is 2.80. The zero-order valence-corrected chi connectivity index (χ0v) is 19.5. The minimum absolute atomic E-state index is 0.00229. The van der Waals surface area contributed by atoms with Crippen molar-refractivity contribution in [3.63, 3.8) is 0 Å². The first-order valence-electron chi connectivity index (χ1n) is 10.7. The Kier molecular flexibility index (Phi) is 7.17. The number of aliphatic hydroxyl groups is 1. The molecule has 0 saturated heterocycles. The molecule has 8 heteroatoms. The van der Waals surface area contributed by atoms with Crippen molar-refractivity contribution in [3.05, 3.63) is 82.9 Å². The maximum Gasteiger partial charge on any atom is 0.472 e. The van der Waals surface area contributed by atoms with Gasteiger partial charge in [-0.3, -0.25) is 9.05 Å². The van der Waals surface area contributed by atoms with E-state index in [0.717, 1.165) is 33.6 Å². The number of phosphoric ester groups is 1. The number of hydrogen-bond donors (Lipinski definition) is 2. The van der Waals surface area contributed by atoms with Crippen LogP contribution in [0.15, 0.2) is 60.7 Å². The summed E-state index contributed by atoms with van der Waals surface area (Å²) < 4.78 is 33.8. The van der Waals surface area contributed by atoms with Crippen LogP contribution in [-0.2, 0) is 40.0 Å². The predicted octanol–water partition coefficient (Wildman–Crippen LogP) is 5.36. The number of benzene rings is 3. The zero-order valence-electron chi connectivity index (χ0n) is 18.6. The summed E-state index contributed by atoms with van der Waals surface area (Å²) >= 11 is 0. The smallest absolute Gasteiger partial charge is 0.472 e. The van der Waals surface area contributed by atoms with Crippen molar-refractivity contribution in [2.45, 2.75) is 46.4 Å². The molecule has 2 N–H and O–H groups in total. The first kappa shape index (κ1) is 23.5. The van der Waals surface area contributed by atoms with Crippen LogP contribution in [0.1, 0.15) is 36.1 Å². The van der Waals surface area contributed by atoms with Crippen molar-refractivity contribution in [2.24, 2.45) is 0 Å². The summed E-state index contributed by atoms with van der Waals surface area (Å²) in [5, 5.41) is 9.28. The van der Waals surface area contributed by atoms with Crippen LogP contribution in [0, 0.1) is 0 Å². The molecule has 0 aromatic heterocycles. The lowest BCUT2D eigenvalue weighted by Gasteiger charge is -2.22. The Labute approximate surface area is 193 Å². The van der Waals surface area contributed by atoms with Crippen LogP contribution in [0.25, 0.3) is 11.1 Å². The van der Waals surface area contributed by atoms with E-state index in [2.05, 4.69) is 0 Å². The third-order valence-corrected chi connectivity index (χ3v) is 6.26. The summed E-state index contributed by atoms with van der Waals surface area (Å²) in [5.41, 5.74) is 5.55. The monoisotopic (exact) mass is 470 g/mol. The standard InChI is InChI=1S/C25H27O7P/c1-17(2)32-33(27,28)31-15-20-6-8-24-23-9-7-22(12-21(23)16-30-25(24)11-20)29-14-19-5-3-4-18(10-19)13-26/h3-12,17,26H,13-16H2,1-2H3,(H,27,28). The highest BCUT2D eigenvalue weighted by molar-refractivity contribution is 7.47. The number of rotatable bonds is 9. The van der Waals surface area contributed by atoms with Gasteiger partial charge in [0.25, 0.3) is 0 Å². The molecule has 0 amide bonds. The van der Waals surface area contributed by atoms with Crippen molar-refractivity contribution in [1.82, 2.24) is 0 Å². The van der Waals surface area contributed by atoms with Crippen molar-refractivity contribution in [3.8, 4) is 22.6 Å². The molecule has 33 heavy (non-hydrogen) atoms. The van der Waals surface area contributed by atoms with Gasteiger partial charge in [0.05, 0.1) is 19.3 Å². The number of hydrogen-bond acceptors (Lipinski definition) is 6. The quantitative estimate of drug-likeness (QED) is 0.407. The summed E-state index contributed by atoms with van der Waals surface area (Å²) in [6.45, 7) is 4.07.